The Morgan fingerprint density at radius 2 is 2.04 bits per heavy atom. The van der Waals surface area contributed by atoms with Crippen LogP contribution in [-0.2, 0) is 11.3 Å². The molecular formula is C18H21N5O2S. The second-order valence-electron chi connectivity index (χ2n) is 5.20. The van der Waals surface area contributed by atoms with Crippen LogP contribution in [0.2, 0.25) is 0 Å². The molecule has 3 N–H and O–H groups in total. The maximum Gasteiger partial charge on any atom is 0.411 e. The van der Waals surface area contributed by atoms with Gasteiger partial charge in [-0.25, -0.2) is 4.79 Å². The maximum atomic E-state index is 11.7. The summed E-state index contributed by atoms with van der Waals surface area (Å²) in [5, 5.41) is 9.30. The molecular weight excluding hydrogens is 350 g/mol. The number of nitrogens with one attached hydrogen (secondary N) is 1. The van der Waals surface area contributed by atoms with E-state index >= 15 is 0 Å². The summed E-state index contributed by atoms with van der Waals surface area (Å²) in [7, 11) is 0. The number of nitrogens with zero attached hydrogens (tertiary/aromatic N) is 3. The number of carbonyl (C=O) groups is 1. The molecule has 8 heteroatoms. The number of benzene rings is 2. The summed E-state index contributed by atoms with van der Waals surface area (Å²) in [6.45, 7) is 2.87. The minimum absolute atomic E-state index is 0.321. The van der Waals surface area contributed by atoms with Crippen LogP contribution in [0.15, 0.2) is 68.8 Å². The third-order valence-corrected chi connectivity index (χ3v) is 4.58. The van der Waals surface area contributed by atoms with Gasteiger partial charge in [0.1, 0.15) is 12.9 Å². The number of rotatable bonds is 8. The van der Waals surface area contributed by atoms with Crippen LogP contribution in [0.4, 0.5) is 10.5 Å². The molecule has 136 valence electrons. The lowest BCUT2D eigenvalue weighted by molar-refractivity contribution is 0.169. The quantitative estimate of drug-likeness (QED) is 0.138. The Kier molecular flexibility index (Phi) is 8.14. The highest BCUT2D eigenvalue weighted by Crippen LogP contribution is 2.25. The summed E-state index contributed by atoms with van der Waals surface area (Å²) >= 11 is 1.63. The highest BCUT2D eigenvalue weighted by molar-refractivity contribution is 7.99. The summed E-state index contributed by atoms with van der Waals surface area (Å²) in [5.74, 6) is 5.58. The molecule has 0 aliphatic rings. The maximum absolute atomic E-state index is 11.7. The van der Waals surface area contributed by atoms with E-state index in [9.17, 15) is 4.79 Å². The average molecular weight is 371 g/mol. The van der Waals surface area contributed by atoms with Gasteiger partial charge in [-0.1, -0.05) is 35.6 Å². The van der Waals surface area contributed by atoms with Gasteiger partial charge in [-0.2, -0.15) is 0 Å². The van der Waals surface area contributed by atoms with Crippen molar-refractivity contribution in [2.45, 2.75) is 18.4 Å². The van der Waals surface area contributed by atoms with Crippen molar-refractivity contribution in [1.29, 1.82) is 0 Å². The molecule has 7 nitrogen and oxygen atoms in total. The lowest BCUT2D eigenvalue weighted by Crippen LogP contribution is -2.15. The van der Waals surface area contributed by atoms with Gasteiger partial charge in [-0.05, 0) is 36.2 Å². The topological polar surface area (TPSA) is 101 Å². The van der Waals surface area contributed by atoms with Crippen LogP contribution >= 0.6 is 11.8 Å². The van der Waals surface area contributed by atoms with E-state index in [4.69, 9.17) is 10.6 Å². The van der Waals surface area contributed by atoms with Crippen molar-refractivity contribution >= 4 is 29.9 Å². The smallest absolute Gasteiger partial charge is 0.411 e. The number of hydrogen-bond donors (Lipinski definition) is 2. The Morgan fingerprint density at radius 1 is 1.23 bits per heavy atom. The average Bonchev–Trinajstić information content (AvgIpc) is 2.65. The first kappa shape index (κ1) is 19.5. The molecule has 0 aliphatic carbocycles. The highest BCUT2D eigenvalue weighted by atomic mass is 32.2. The zero-order valence-corrected chi connectivity index (χ0v) is 15.3. The SMILES string of the molecule is Cc1c(CN=CN=NN)cccc1SCCOC(=O)Nc1ccccc1. The molecule has 0 fully saturated rings. The lowest BCUT2D eigenvalue weighted by Gasteiger charge is -2.10. The Labute approximate surface area is 156 Å². The molecule has 2 aromatic carbocycles. The van der Waals surface area contributed by atoms with Crippen LogP contribution in [0.1, 0.15) is 11.1 Å². The predicted octanol–water partition coefficient (Wildman–Crippen LogP) is 4.19. The van der Waals surface area contributed by atoms with E-state index in [2.05, 4.69) is 20.6 Å². The Bertz CT molecular complexity index is 765. The second-order valence-corrected chi connectivity index (χ2v) is 6.34. The first-order valence-corrected chi connectivity index (χ1v) is 8.97. The van der Waals surface area contributed by atoms with Crippen molar-refractivity contribution in [3.63, 3.8) is 0 Å². The van der Waals surface area contributed by atoms with Crippen molar-refractivity contribution in [2.24, 2.45) is 21.2 Å². The standard InChI is InChI=1S/C18H21N5O2S/c1-14-15(12-20-13-21-23-19)6-5-9-17(14)26-11-10-25-18(24)22-16-7-3-2-4-8-16/h2-9,13H,10-12H2,1H3,(H,22,24)(H2,19,20,21). The Hall–Kier alpha value is -2.87. The summed E-state index contributed by atoms with van der Waals surface area (Å²) in [6, 6.07) is 15.2. The lowest BCUT2D eigenvalue weighted by atomic mass is 10.1. The van der Waals surface area contributed by atoms with Crippen molar-refractivity contribution in [3.05, 3.63) is 59.7 Å². The van der Waals surface area contributed by atoms with E-state index in [-0.39, 0.29) is 0 Å². The Morgan fingerprint density at radius 3 is 2.81 bits per heavy atom. The van der Waals surface area contributed by atoms with Crippen molar-refractivity contribution < 1.29 is 9.53 Å². The van der Waals surface area contributed by atoms with Gasteiger partial charge in [0.2, 0.25) is 0 Å². The number of hydrogen-bond acceptors (Lipinski definition) is 5. The van der Waals surface area contributed by atoms with Gasteiger partial charge in [0.05, 0.1) is 6.54 Å². The van der Waals surface area contributed by atoms with Crippen LogP contribution < -0.4 is 11.2 Å². The molecule has 0 aromatic heterocycles. The van der Waals surface area contributed by atoms with E-state index in [0.717, 1.165) is 16.0 Å². The van der Waals surface area contributed by atoms with Gasteiger partial charge in [-0.3, -0.25) is 10.3 Å². The second kappa shape index (κ2) is 10.9. The third-order valence-electron chi connectivity index (χ3n) is 3.45. The molecule has 0 unspecified atom stereocenters. The Balaban J connectivity index is 1.77. The van der Waals surface area contributed by atoms with Gasteiger partial charge in [0, 0.05) is 16.3 Å². The van der Waals surface area contributed by atoms with Crippen molar-refractivity contribution in [1.82, 2.24) is 0 Å². The van der Waals surface area contributed by atoms with E-state index in [1.165, 1.54) is 6.34 Å². The van der Waals surface area contributed by atoms with Crippen molar-refractivity contribution in [2.75, 3.05) is 17.7 Å². The van der Waals surface area contributed by atoms with E-state index < -0.39 is 6.09 Å². The van der Waals surface area contributed by atoms with E-state index in [0.29, 0.717) is 24.6 Å². The van der Waals surface area contributed by atoms with E-state index in [1.807, 2.05) is 55.5 Å². The highest BCUT2D eigenvalue weighted by Gasteiger charge is 2.06. The molecule has 0 heterocycles. The molecule has 26 heavy (non-hydrogen) atoms. The van der Waals surface area contributed by atoms with Crippen LogP contribution in [-0.4, -0.2) is 24.8 Å². The summed E-state index contributed by atoms with van der Waals surface area (Å²) in [6.07, 6.45) is 0.879. The summed E-state index contributed by atoms with van der Waals surface area (Å²) in [5.41, 5.74) is 2.96. The van der Waals surface area contributed by atoms with Gasteiger partial charge >= 0.3 is 6.09 Å². The predicted molar refractivity (Wildman–Crippen MR) is 105 cm³/mol. The number of carbonyl (C=O) groups excluding carboxylic acids is 1. The van der Waals surface area contributed by atoms with Crippen LogP contribution in [0, 0.1) is 6.92 Å². The van der Waals surface area contributed by atoms with Crippen LogP contribution in [0.25, 0.3) is 0 Å². The largest absolute Gasteiger partial charge is 0.448 e. The van der Waals surface area contributed by atoms with Gasteiger partial charge < -0.3 is 10.6 Å². The fourth-order valence-electron chi connectivity index (χ4n) is 2.15. The molecule has 0 bridgehead atoms. The molecule has 2 rings (SSSR count). The van der Waals surface area contributed by atoms with Crippen LogP contribution in [0.5, 0.6) is 0 Å². The number of nitrogens with two attached hydrogens (primary N) is 1. The number of anilines is 1. The fourth-order valence-corrected chi connectivity index (χ4v) is 3.06. The molecule has 0 aliphatic heterocycles. The number of ether oxygens (including phenoxy) is 1. The minimum atomic E-state index is -0.453. The summed E-state index contributed by atoms with van der Waals surface area (Å²) < 4.78 is 5.20. The zero-order chi connectivity index (χ0) is 18.6. The zero-order valence-electron chi connectivity index (χ0n) is 14.5. The fraction of sp³-hybridized carbons (Fsp3) is 0.222. The number of para-hydroxylation sites is 1. The summed E-state index contributed by atoms with van der Waals surface area (Å²) in [4.78, 5) is 17.0. The van der Waals surface area contributed by atoms with Gasteiger partial charge in [-0.15, -0.1) is 16.9 Å². The molecule has 2 aromatic rings. The molecule has 0 spiro atoms. The number of amides is 1. The van der Waals surface area contributed by atoms with Crippen molar-refractivity contribution in [3.8, 4) is 0 Å². The molecule has 0 saturated carbocycles. The molecule has 0 atom stereocenters. The molecule has 0 saturated heterocycles. The van der Waals surface area contributed by atoms with Gasteiger partial charge in [0.15, 0.2) is 0 Å². The normalized spacial score (nSPS) is 11.1. The first-order valence-electron chi connectivity index (χ1n) is 7.99. The van der Waals surface area contributed by atoms with E-state index in [1.54, 1.807) is 11.8 Å². The first-order chi connectivity index (χ1) is 12.7. The number of aliphatic imine (C=N–C) groups is 1. The number of thioether (sulfide) groups is 1. The molecule has 1 amide bonds. The monoisotopic (exact) mass is 371 g/mol. The van der Waals surface area contributed by atoms with Crippen LogP contribution in [0.3, 0.4) is 0 Å². The molecule has 0 radical (unpaired) electrons. The third kappa shape index (κ3) is 6.56. The van der Waals surface area contributed by atoms with Gasteiger partial charge in [0.25, 0.3) is 0 Å². The minimum Gasteiger partial charge on any atom is -0.448 e.